The van der Waals surface area contributed by atoms with Gasteiger partial charge in [-0.25, -0.2) is 0 Å². The molecule has 6 aliphatic rings. The number of carbonyl (C=O) groups is 1. The summed E-state index contributed by atoms with van der Waals surface area (Å²) >= 11 is 0. The third kappa shape index (κ3) is 3.79. The van der Waals surface area contributed by atoms with Crippen LogP contribution < -0.4 is 5.32 Å². The van der Waals surface area contributed by atoms with Gasteiger partial charge in [-0.15, -0.1) is 0 Å². The van der Waals surface area contributed by atoms with Crippen molar-refractivity contribution in [2.24, 2.45) is 29.6 Å². The van der Waals surface area contributed by atoms with Crippen LogP contribution in [-0.4, -0.2) is 74.2 Å². The van der Waals surface area contributed by atoms with Crippen LogP contribution in [0.5, 0.6) is 0 Å². The van der Waals surface area contributed by atoms with Gasteiger partial charge in [0.25, 0.3) is 0 Å². The Kier molecular flexibility index (Phi) is 5.20. The average Bonchev–Trinajstić information content (AvgIpc) is 2.66. The Morgan fingerprint density at radius 2 is 1.67 bits per heavy atom. The summed E-state index contributed by atoms with van der Waals surface area (Å²) in [6.07, 6.45) is 9.43. The average molecular weight is 376 g/mol. The molecular formula is C22H37N3O2. The molecule has 1 amide bonds. The van der Waals surface area contributed by atoms with Crippen molar-refractivity contribution in [2.45, 2.75) is 57.0 Å². The van der Waals surface area contributed by atoms with Crippen molar-refractivity contribution in [3.05, 3.63) is 0 Å². The number of hydrogen-bond acceptors (Lipinski definition) is 4. The summed E-state index contributed by atoms with van der Waals surface area (Å²) in [5.41, 5.74) is 0. The van der Waals surface area contributed by atoms with Crippen LogP contribution in [0.25, 0.3) is 0 Å². The molecule has 4 aliphatic carbocycles. The Morgan fingerprint density at radius 1 is 1.00 bits per heavy atom. The standard InChI is InChI=1S/C22H37N3O2/c1-24-4-2-15(3-5-24)13-25-6-7-27-14-20(25)22(26)23-21-18-9-16-8-17(11-18)12-19(21)10-16/h15-21H,2-14H2,1H3,(H,23,26). The van der Waals surface area contributed by atoms with Crippen LogP contribution in [-0.2, 0) is 9.53 Å². The largest absolute Gasteiger partial charge is 0.378 e. The molecule has 6 rings (SSSR count). The fraction of sp³-hybridized carbons (Fsp3) is 0.955. The summed E-state index contributed by atoms with van der Waals surface area (Å²) in [4.78, 5) is 18.1. The molecule has 1 N–H and O–H groups in total. The van der Waals surface area contributed by atoms with Crippen LogP contribution in [0.4, 0.5) is 0 Å². The van der Waals surface area contributed by atoms with E-state index in [4.69, 9.17) is 4.74 Å². The summed E-state index contributed by atoms with van der Waals surface area (Å²) in [6.45, 7) is 5.71. The quantitative estimate of drug-likeness (QED) is 0.816. The first-order valence-corrected chi connectivity index (χ1v) is 11.5. The molecule has 5 heteroatoms. The summed E-state index contributed by atoms with van der Waals surface area (Å²) < 4.78 is 5.74. The number of morpholine rings is 1. The molecule has 2 saturated heterocycles. The molecule has 0 aromatic carbocycles. The molecule has 0 aromatic heterocycles. The van der Waals surface area contributed by atoms with E-state index >= 15 is 0 Å². The first-order chi connectivity index (χ1) is 13.2. The molecule has 1 unspecified atom stereocenters. The maximum atomic E-state index is 13.3. The Hall–Kier alpha value is -0.650. The van der Waals surface area contributed by atoms with Gasteiger partial charge in [0.1, 0.15) is 6.04 Å². The summed E-state index contributed by atoms with van der Waals surface area (Å²) in [6, 6.07) is 0.369. The third-order valence-electron chi connectivity index (χ3n) is 8.41. The summed E-state index contributed by atoms with van der Waals surface area (Å²) in [7, 11) is 2.21. The lowest BCUT2D eigenvalue weighted by molar-refractivity contribution is -0.137. The van der Waals surface area contributed by atoms with Gasteiger partial charge in [0, 0.05) is 19.1 Å². The van der Waals surface area contributed by atoms with Crippen molar-refractivity contribution in [3.63, 3.8) is 0 Å². The molecule has 152 valence electrons. The van der Waals surface area contributed by atoms with Gasteiger partial charge in [-0.2, -0.15) is 0 Å². The van der Waals surface area contributed by atoms with E-state index in [0.717, 1.165) is 49.3 Å². The first kappa shape index (κ1) is 18.4. The monoisotopic (exact) mass is 375 g/mol. The van der Waals surface area contributed by atoms with Crippen molar-refractivity contribution in [2.75, 3.05) is 46.4 Å². The topological polar surface area (TPSA) is 44.8 Å². The number of ether oxygens (including phenoxy) is 1. The lowest BCUT2D eigenvalue weighted by atomic mass is 9.54. The Morgan fingerprint density at radius 3 is 2.33 bits per heavy atom. The Bertz CT molecular complexity index is 518. The lowest BCUT2D eigenvalue weighted by Gasteiger charge is -2.54. The second kappa shape index (κ2) is 7.64. The number of piperidine rings is 1. The zero-order valence-electron chi connectivity index (χ0n) is 16.9. The van der Waals surface area contributed by atoms with E-state index in [9.17, 15) is 4.79 Å². The number of hydrogen-bond donors (Lipinski definition) is 1. The van der Waals surface area contributed by atoms with Crippen LogP contribution in [0.1, 0.15) is 44.9 Å². The Balaban J connectivity index is 1.20. The van der Waals surface area contributed by atoms with E-state index in [2.05, 4.69) is 22.2 Å². The third-order valence-corrected chi connectivity index (χ3v) is 8.41. The van der Waals surface area contributed by atoms with Gasteiger partial charge in [0.15, 0.2) is 0 Å². The van der Waals surface area contributed by atoms with E-state index in [1.165, 1.54) is 58.0 Å². The zero-order valence-corrected chi connectivity index (χ0v) is 16.9. The highest BCUT2D eigenvalue weighted by Crippen LogP contribution is 2.53. The zero-order chi connectivity index (χ0) is 18.4. The smallest absolute Gasteiger partial charge is 0.239 e. The molecule has 4 saturated carbocycles. The van der Waals surface area contributed by atoms with E-state index in [1.807, 2.05) is 0 Å². The summed E-state index contributed by atoms with van der Waals surface area (Å²) in [5, 5.41) is 3.54. The van der Waals surface area contributed by atoms with E-state index < -0.39 is 0 Å². The molecule has 1 atom stereocenters. The van der Waals surface area contributed by atoms with Gasteiger partial charge in [-0.3, -0.25) is 9.69 Å². The van der Waals surface area contributed by atoms with Crippen molar-refractivity contribution in [1.82, 2.24) is 15.1 Å². The number of amides is 1. The number of likely N-dealkylation sites (tertiary alicyclic amines) is 1. The minimum absolute atomic E-state index is 0.0735. The molecular weight excluding hydrogens is 338 g/mol. The molecule has 2 heterocycles. The highest BCUT2D eigenvalue weighted by molar-refractivity contribution is 5.82. The predicted octanol–water partition coefficient (Wildman–Crippen LogP) is 1.97. The Labute approximate surface area is 164 Å². The molecule has 2 aliphatic heterocycles. The second-order valence-electron chi connectivity index (χ2n) is 10.3. The highest BCUT2D eigenvalue weighted by Gasteiger charge is 2.49. The molecule has 0 radical (unpaired) electrons. The minimum atomic E-state index is -0.0735. The van der Waals surface area contributed by atoms with Crippen LogP contribution in [0.2, 0.25) is 0 Å². The predicted molar refractivity (Wildman–Crippen MR) is 105 cm³/mol. The van der Waals surface area contributed by atoms with E-state index in [-0.39, 0.29) is 11.9 Å². The van der Waals surface area contributed by atoms with Crippen LogP contribution in [0.15, 0.2) is 0 Å². The fourth-order valence-electron chi connectivity index (χ4n) is 7.10. The van der Waals surface area contributed by atoms with Gasteiger partial charge in [-0.05, 0) is 94.7 Å². The van der Waals surface area contributed by atoms with E-state index in [0.29, 0.717) is 12.6 Å². The minimum Gasteiger partial charge on any atom is -0.378 e. The second-order valence-corrected chi connectivity index (χ2v) is 10.3. The van der Waals surface area contributed by atoms with Gasteiger partial charge in [0.05, 0.1) is 13.2 Å². The first-order valence-electron chi connectivity index (χ1n) is 11.5. The molecule has 0 aromatic rings. The van der Waals surface area contributed by atoms with Gasteiger partial charge in [0.2, 0.25) is 5.91 Å². The molecule has 0 spiro atoms. The SMILES string of the molecule is CN1CCC(CN2CCOCC2C(=O)NC2C3CC4CC(C3)CC2C4)CC1. The number of carbonyl (C=O) groups excluding carboxylic acids is 1. The van der Waals surface area contributed by atoms with Gasteiger partial charge in [-0.1, -0.05) is 0 Å². The van der Waals surface area contributed by atoms with Crippen molar-refractivity contribution < 1.29 is 9.53 Å². The van der Waals surface area contributed by atoms with Crippen molar-refractivity contribution in [3.8, 4) is 0 Å². The van der Waals surface area contributed by atoms with Crippen LogP contribution in [0.3, 0.4) is 0 Å². The fourth-order valence-corrected chi connectivity index (χ4v) is 7.10. The van der Waals surface area contributed by atoms with Gasteiger partial charge < -0.3 is 15.0 Å². The number of nitrogens with zero attached hydrogens (tertiary/aromatic N) is 2. The maximum Gasteiger partial charge on any atom is 0.239 e. The lowest BCUT2D eigenvalue weighted by Crippen LogP contribution is -2.61. The van der Waals surface area contributed by atoms with Crippen molar-refractivity contribution >= 4 is 5.91 Å². The van der Waals surface area contributed by atoms with Gasteiger partial charge >= 0.3 is 0 Å². The normalized spacial score (nSPS) is 43.1. The van der Waals surface area contributed by atoms with E-state index in [1.54, 1.807) is 0 Å². The molecule has 6 fully saturated rings. The van der Waals surface area contributed by atoms with Crippen LogP contribution >= 0.6 is 0 Å². The molecule has 27 heavy (non-hydrogen) atoms. The number of rotatable bonds is 4. The van der Waals surface area contributed by atoms with Crippen LogP contribution in [0, 0.1) is 29.6 Å². The number of nitrogens with one attached hydrogen (secondary N) is 1. The maximum absolute atomic E-state index is 13.3. The molecule has 5 nitrogen and oxygen atoms in total. The molecule has 4 bridgehead atoms. The highest BCUT2D eigenvalue weighted by atomic mass is 16.5. The van der Waals surface area contributed by atoms with Crippen molar-refractivity contribution in [1.29, 1.82) is 0 Å². The summed E-state index contributed by atoms with van der Waals surface area (Å²) in [5.74, 6) is 4.39.